The van der Waals surface area contributed by atoms with Crippen molar-refractivity contribution in [2.75, 3.05) is 26.4 Å². The van der Waals surface area contributed by atoms with Gasteiger partial charge in [0.1, 0.15) is 73.2 Å². The van der Waals surface area contributed by atoms with E-state index in [1.807, 2.05) is 6.08 Å². The Hall–Kier alpha value is -3.55. The van der Waals surface area contributed by atoms with Crippen LogP contribution in [0, 0.1) is 0 Å². The van der Waals surface area contributed by atoms with E-state index in [-0.39, 0.29) is 18.9 Å². The number of rotatable bonds is 56. The number of allylic oxidation sites excluding steroid dienone is 17. The molecule has 0 spiro atoms. The monoisotopic (exact) mass is 1360 g/mol. The second kappa shape index (κ2) is 57.1. The van der Waals surface area contributed by atoms with E-state index in [1.165, 1.54) is 96.3 Å². The first-order chi connectivity index (χ1) is 46.8. The summed E-state index contributed by atoms with van der Waals surface area (Å²) >= 11 is 0. The summed E-state index contributed by atoms with van der Waals surface area (Å²) in [6, 6.07) is -1.01. The van der Waals surface area contributed by atoms with E-state index < -0.39 is 124 Å². The van der Waals surface area contributed by atoms with Crippen molar-refractivity contribution < 1.29 is 89.4 Å². The van der Waals surface area contributed by atoms with E-state index in [4.69, 9.17) is 28.4 Å². The predicted octanol–water partition coefficient (Wildman–Crippen LogP) is 11.0. The molecule has 3 saturated heterocycles. The van der Waals surface area contributed by atoms with Crippen LogP contribution in [-0.4, -0.2) is 193 Å². The molecule has 3 rings (SSSR count). The van der Waals surface area contributed by atoms with Crippen LogP contribution in [0.15, 0.2) is 109 Å². The van der Waals surface area contributed by atoms with E-state index in [0.717, 1.165) is 109 Å². The van der Waals surface area contributed by atoms with Gasteiger partial charge in [0.2, 0.25) is 5.91 Å². The topological polar surface area (TPSA) is 307 Å². The maximum absolute atomic E-state index is 13.4. The van der Waals surface area contributed by atoms with Gasteiger partial charge < -0.3 is 89.9 Å². The largest absolute Gasteiger partial charge is 0.394 e. The molecule has 0 aromatic carbocycles. The third-order valence-electron chi connectivity index (χ3n) is 17.8. The fourth-order valence-corrected chi connectivity index (χ4v) is 11.8. The van der Waals surface area contributed by atoms with Crippen molar-refractivity contribution in [3.8, 4) is 0 Å². The number of hydrogen-bond donors (Lipinski definition) is 12. The fourth-order valence-electron chi connectivity index (χ4n) is 11.8. The van der Waals surface area contributed by atoms with Crippen LogP contribution < -0.4 is 5.32 Å². The minimum Gasteiger partial charge on any atom is -0.394 e. The standard InChI is InChI=1S/C77H131NO18/c1-3-5-7-9-11-13-15-17-19-21-23-25-27-29-30-31-33-35-37-39-41-43-45-47-49-51-53-55-65(83)78-60(61(82)54-52-50-48-46-44-42-40-38-36-34-32-28-26-24-22-20-18-16-14-12-10-8-6-4-2)59-91-75-71(89)68(86)73(63(57-80)93-75)96-77-72(90)69(87)74(64(58-81)94-77)95-76-70(88)67(85)66(84)62(56-79)92-76/h5,7,11,13,17,19,23,25,29-30,33,35-36,38,44,46,52,54,60-64,66-77,79-82,84-90H,3-4,6,8-10,12,14-16,18,20-22,24,26-28,31-32,34,37,39-43,45,47-51,53,55-59H2,1-2H3,(H,78,83)/b7-5-,13-11-,19-17-,25-23-,30-29-,35-33-,38-36+,46-44+,54-52+. The number of nitrogens with one attached hydrogen (secondary N) is 1. The molecule has 1 amide bonds. The summed E-state index contributed by atoms with van der Waals surface area (Å²) in [7, 11) is 0. The second-order valence-corrected chi connectivity index (χ2v) is 26.0. The number of unbranched alkanes of at least 4 members (excludes halogenated alkanes) is 24. The molecule has 19 nitrogen and oxygen atoms in total. The Morgan fingerprint density at radius 3 is 1.17 bits per heavy atom. The van der Waals surface area contributed by atoms with E-state index in [0.29, 0.717) is 12.8 Å². The summed E-state index contributed by atoms with van der Waals surface area (Å²) < 4.78 is 34.4. The van der Waals surface area contributed by atoms with Crippen LogP contribution in [0.5, 0.6) is 0 Å². The number of carbonyl (C=O) groups excluding carboxylic acids is 1. The molecule has 0 bridgehead atoms. The number of amides is 1. The third kappa shape index (κ3) is 37.8. The van der Waals surface area contributed by atoms with Gasteiger partial charge in [-0.25, -0.2) is 0 Å². The molecule has 12 N–H and O–H groups in total. The Labute approximate surface area is 576 Å². The van der Waals surface area contributed by atoms with Crippen LogP contribution >= 0.6 is 0 Å². The van der Waals surface area contributed by atoms with E-state index in [9.17, 15) is 61.0 Å². The van der Waals surface area contributed by atoms with Crippen molar-refractivity contribution in [1.29, 1.82) is 0 Å². The fraction of sp³-hybridized carbons (Fsp3) is 0.753. The van der Waals surface area contributed by atoms with Gasteiger partial charge in [-0.1, -0.05) is 245 Å². The molecule has 0 saturated carbocycles. The molecule has 3 fully saturated rings. The highest BCUT2D eigenvalue weighted by Gasteiger charge is 2.53. The van der Waals surface area contributed by atoms with Gasteiger partial charge in [-0.2, -0.15) is 0 Å². The molecule has 0 aromatic rings. The SMILES string of the molecule is CC/C=C\C/C=C\C/C=C\C/C=C\C/C=C\C/C=C\CCCCCCCCCCC(=O)NC(COC1OC(CO)C(OC2OC(CO)C(OC3OC(CO)C(O)C(O)C3O)C(O)C2O)C(O)C1O)C(O)/C=C/CC/C=C/CC/C=C/CCCCCCCCCCCCCCCC. The zero-order valence-electron chi connectivity index (χ0n) is 58.6. The van der Waals surface area contributed by atoms with Gasteiger partial charge >= 0.3 is 0 Å². The minimum atomic E-state index is -1.99. The average molecular weight is 1360 g/mol. The molecule has 0 aromatic heterocycles. The Balaban J connectivity index is 1.44. The summed E-state index contributed by atoms with van der Waals surface area (Å²) in [6.07, 6.45) is 50.6. The molecule has 3 heterocycles. The van der Waals surface area contributed by atoms with Crippen LogP contribution in [0.2, 0.25) is 0 Å². The molecular formula is C77H131NO18. The maximum atomic E-state index is 13.4. The van der Waals surface area contributed by atoms with Crippen molar-refractivity contribution in [1.82, 2.24) is 5.32 Å². The molecule has 3 aliphatic heterocycles. The Morgan fingerprint density at radius 1 is 0.385 bits per heavy atom. The van der Waals surface area contributed by atoms with Crippen LogP contribution in [0.25, 0.3) is 0 Å². The number of hydrogen-bond acceptors (Lipinski definition) is 18. The van der Waals surface area contributed by atoms with Crippen molar-refractivity contribution in [2.24, 2.45) is 0 Å². The van der Waals surface area contributed by atoms with Gasteiger partial charge in [0.05, 0.1) is 38.6 Å². The van der Waals surface area contributed by atoms with Gasteiger partial charge in [0, 0.05) is 6.42 Å². The van der Waals surface area contributed by atoms with E-state index in [2.05, 4.69) is 116 Å². The first-order valence-corrected chi connectivity index (χ1v) is 37.1. The zero-order valence-corrected chi connectivity index (χ0v) is 58.6. The Morgan fingerprint density at radius 2 is 0.729 bits per heavy atom. The van der Waals surface area contributed by atoms with Crippen molar-refractivity contribution in [2.45, 2.75) is 343 Å². The summed E-state index contributed by atoms with van der Waals surface area (Å²) in [5.74, 6) is -0.302. The van der Waals surface area contributed by atoms with E-state index >= 15 is 0 Å². The Bertz CT molecular complexity index is 2160. The van der Waals surface area contributed by atoms with Gasteiger partial charge in [-0.05, 0) is 96.3 Å². The summed E-state index contributed by atoms with van der Waals surface area (Å²) in [5, 5.41) is 121. The molecule has 3 aliphatic rings. The molecule has 19 heteroatoms. The van der Waals surface area contributed by atoms with E-state index in [1.54, 1.807) is 6.08 Å². The molecule has 552 valence electrons. The normalized spacial score (nSPS) is 27.7. The lowest BCUT2D eigenvalue weighted by molar-refractivity contribution is -0.379. The highest BCUT2D eigenvalue weighted by molar-refractivity contribution is 5.76. The molecular weight excluding hydrogens is 1230 g/mol. The number of aliphatic hydroxyl groups excluding tert-OH is 11. The highest BCUT2D eigenvalue weighted by Crippen LogP contribution is 2.33. The Kier molecular flexibility index (Phi) is 51.6. The van der Waals surface area contributed by atoms with Crippen LogP contribution in [0.1, 0.15) is 239 Å². The summed E-state index contributed by atoms with van der Waals surface area (Å²) in [4.78, 5) is 13.4. The average Bonchev–Trinajstić information content (AvgIpc) is 1.09. The molecule has 17 unspecified atom stereocenters. The third-order valence-corrected chi connectivity index (χ3v) is 17.8. The lowest BCUT2D eigenvalue weighted by Gasteiger charge is -2.48. The number of ether oxygens (including phenoxy) is 6. The number of aliphatic hydroxyl groups is 11. The lowest BCUT2D eigenvalue weighted by atomic mass is 9.96. The van der Waals surface area contributed by atoms with Gasteiger partial charge in [0.25, 0.3) is 0 Å². The zero-order chi connectivity index (χ0) is 69.6. The molecule has 17 atom stereocenters. The van der Waals surface area contributed by atoms with Gasteiger partial charge in [-0.3, -0.25) is 4.79 Å². The smallest absolute Gasteiger partial charge is 0.220 e. The maximum Gasteiger partial charge on any atom is 0.220 e. The van der Waals surface area contributed by atoms with Crippen molar-refractivity contribution in [3.63, 3.8) is 0 Å². The quantitative estimate of drug-likeness (QED) is 0.0199. The summed E-state index contributed by atoms with van der Waals surface area (Å²) in [5.41, 5.74) is 0. The van der Waals surface area contributed by atoms with Crippen LogP contribution in [0.4, 0.5) is 0 Å². The minimum absolute atomic E-state index is 0.215. The summed E-state index contributed by atoms with van der Waals surface area (Å²) in [6.45, 7) is 1.59. The number of carbonyl (C=O) groups is 1. The lowest BCUT2D eigenvalue weighted by Crippen LogP contribution is -2.66. The predicted molar refractivity (Wildman–Crippen MR) is 378 cm³/mol. The molecule has 0 radical (unpaired) electrons. The highest BCUT2D eigenvalue weighted by atomic mass is 16.8. The van der Waals surface area contributed by atoms with Crippen molar-refractivity contribution >= 4 is 5.91 Å². The van der Waals surface area contributed by atoms with Crippen LogP contribution in [-0.2, 0) is 33.2 Å². The second-order valence-electron chi connectivity index (χ2n) is 26.0. The van der Waals surface area contributed by atoms with Crippen LogP contribution in [0.3, 0.4) is 0 Å². The van der Waals surface area contributed by atoms with Gasteiger partial charge in [0.15, 0.2) is 18.9 Å². The molecule has 96 heavy (non-hydrogen) atoms. The van der Waals surface area contributed by atoms with Crippen molar-refractivity contribution in [3.05, 3.63) is 109 Å². The first kappa shape index (κ1) is 86.7. The first-order valence-electron chi connectivity index (χ1n) is 37.1. The van der Waals surface area contributed by atoms with Gasteiger partial charge in [-0.15, -0.1) is 0 Å². The molecule has 0 aliphatic carbocycles.